The van der Waals surface area contributed by atoms with Crippen molar-refractivity contribution in [1.29, 1.82) is 0 Å². The molecule has 2 heterocycles. The van der Waals surface area contributed by atoms with Gasteiger partial charge in [-0.2, -0.15) is 0 Å². The topological polar surface area (TPSA) is 99.8 Å². The summed E-state index contributed by atoms with van der Waals surface area (Å²) in [4.78, 5) is 34.0. The Morgan fingerprint density at radius 2 is 2.29 bits per heavy atom. The van der Waals surface area contributed by atoms with E-state index in [2.05, 4.69) is 5.32 Å². The van der Waals surface area contributed by atoms with Gasteiger partial charge in [0.2, 0.25) is 0 Å². The van der Waals surface area contributed by atoms with Gasteiger partial charge in [0.25, 0.3) is 5.91 Å². The lowest BCUT2D eigenvalue weighted by Crippen LogP contribution is -2.35. The third kappa shape index (κ3) is 2.17. The highest BCUT2D eigenvalue weighted by Gasteiger charge is 2.34. The van der Waals surface area contributed by atoms with Gasteiger partial charge >= 0.3 is 12.0 Å². The maximum Gasteiger partial charge on any atom is 0.329 e. The lowest BCUT2D eigenvalue weighted by Gasteiger charge is -2.06. The van der Waals surface area contributed by atoms with E-state index >= 15 is 0 Å². The van der Waals surface area contributed by atoms with Crippen LogP contribution in [0.2, 0.25) is 0 Å². The quantitative estimate of drug-likeness (QED) is 0.579. The molecule has 3 amide bonds. The molecule has 2 N–H and O–H groups in total. The molecule has 0 spiro atoms. The van der Waals surface area contributed by atoms with E-state index in [1.54, 1.807) is 12.1 Å². The van der Waals surface area contributed by atoms with Crippen LogP contribution in [0, 0.1) is 0 Å². The number of carboxylic acids is 1. The summed E-state index contributed by atoms with van der Waals surface area (Å²) < 4.78 is 4.98. The smallest absolute Gasteiger partial charge is 0.329 e. The third-order valence-electron chi connectivity index (χ3n) is 2.09. The molecule has 0 bridgehead atoms. The van der Waals surface area contributed by atoms with Crippen LogP contribution in [0.5, 0.6) is 0 Å². The third-order valence-corrected chi connectivity index (χ3v) is 2.09. The van der Waals surface area contributed by atoms with Gasteiger partial charge in [0.1, 0.15) is 18.0 Å². The molecule has 0 aliphatic carbocycles. The molecule has 1 aromatic heterocycles. The number of urea groups is 1. The van der Waals surface area contributed by atoms with Gasteiger partial charge in [-0.25, -0.2) is 9.69 Å². The SMILES string of the molecule is O=C(O)CN1C(=O)NC(=Cc2ccco2)C1=O. The number of furan rings is 1. The summed E-state index contributed by atoms with van der Waals surface area (Å²) >= 11 is 0. The molecule has 1 saturated heterocycles. The normalized spacial score (nSPS) is 17.6. The Kier molecular flexibility index (Phi) is 2.65. The zero-order chi connectivity index (χ0) is 12.4. The van der Waals surface area contributed by atoms with Crippen molar-refractivity contribution in [3.05, 3.63) is 29.9 Å². The molecule has 0 unspecified atom stereocenters. The molecule has 7 heteroatoms. The van der Waals surface area contributed by atoms with Crippen LogP contribution < -0.4 is 5.32 Å². The van der Waals surface area contributed by atoms with Crippen molar-refractivity contribution in [1.82, 2.24) is 10.2 Å². The molecule has 1 aliphatic heterocycles. The van der Waals surface area contributed by atoms with Gasteiger partial charge in [0.05, 0.1) is 6.26 Å². The summed E-state index contributed by atoms with van der Waals surface area (Å²) in [5.74, 6) is -1.55. The number of carboxylic acid groups (broad SMARTS) is 1. The Labute approximate surface area is 95.3 Å². The van der Waals surface area contributed by atoms with Gasteiger partial charge < -0.3 is 14.8 Å². The molecule has 2 rings (SSSR count). The molecule has 1 fully saturated rings. The molecule has 1 aromatic rings. The Morgan fingerprint density at radius 1 is 1.53 bits per heavy atom. The van der Waals surface area contributed by atoms with Crippen LogP contribution in [0.4, 0.5) is 4.79 Å². The van der Waals surface area contributed by atoms with E-state index in [9.17, 15) is 14.4 Å². The summed E-state index contributed by atoms with van der Waals surface area (Å²) in [6, 6.07) is 2.48. The van der Waals surface area contributed by atoms with Crippen molar-refractivity contribution in [3.63, 3.8) is 0 Å². The van der Waals surface area contributed by atoms with Gasteiger partial charge in [0.15, 0.2) is 0 Å². The second kappa shape index (κ2) is 4.12. The van der Waals surface area contributed by atoms with Crippen molar-refractivity contribution in [3.8, 4) is 0 Å². The lowest BCUT2D eigenvalue weighted by molar-refractivity contribution is -0.140. The van der Waals surface area contributed by atoms with E-state index in [4.69, 9.17) is 9.52 Å². The first-order valence-electron chi connectivity index (χ1n) is 4.68. The van der Waals surface area contributed by atoms with Gasteiger partial charge in [-0.05, 0) is 12.1 Å². The first-order chi connectivity index (χ1) is 8.08. The largest absolute Gasteiger partial charge is 0.480 e. The molecule has 88 valence electrons. The van der Waals surface area contributed by atoms with Crippen molar-refractivity contribution in [2.75, 3.05) is 6.54 Å². The Balaban J connectivity index is 2.21. The number of imide groups is 1. The predicted molar refractivity (Wildman–Crippen MR) is 54.6 cm³/mol. The number of hydrogen-bond acceptors (Lipinski definition) is 4. The van der Waals surface area contributed by atoms with Gasteiger partial charge in [0, 0.05) is 6.08 Å². The fourth-order valence-electron chi connectivity index (χ4n) is 1.37. The molecule has 0 atom stereocenters. The van der Waals surface area contributed by atoms with E-state index in [-0.39, 0.29) is 5.70 Å². The standard InChI is InChI=1S/C10H8N2O5/c13-8(14)5-12-9(15)7(11-10(12)16)4-6-2-1-3-17-6/h1-4H,5H2,(H,11,16)(H,13,14). The fourth-order valence-corrected chi connectivity index (χ4v) is 1.37. The second-order valence-electron chi connectivity index (χ2n) is 3.29. The van der Waals surface area contributed by atoms with Crippen LogP contribution in [0.3, 0.4) is 0 Å². The number of hydrogen-bond donors (Lipinski definition) is 2. The second-order valence-corrected chi connectivity index (χ2v) is 3.29. The van der Waals surface area contributed by atoms with Crippen LogP contribution in [0.1, 0.15) is 5.76 Å². The molecular formula is C10H8N2O5. The Morgan fingerprint density at radius 3 is 2.88 bits per heavy atom. The van der Waals surface area contributed by atoms with Gasteiger partial charge in [-0.15, -0.1) is 0 Å². The number of amides is 3. The molecular weight excluding hydrogens is 228 g/mol. The Bertz CT molecular complexity index is 503. The maximum absolute atomic E-state index is 11.6. The van der Waals surface area contributed by atoms with E-state index in [0.29, 0.717) is 10.7 Å². The van der Waals surface area contributed by atoms with Crippen molar-refractivity contribution < 1.29 is 23.9 Å². The minimum absolute atomic E-state index is 0.00815. The van der Waals surface area contributed by atoms with Crippen molar-refractivity contribution >= 4 is 24.0 Å². The first-order valence-corrected chi connectivity index (χ1v) is 4.68. The van der Waals surface area contributed by atoms with Crippen LogP contribution in [-0.2, 0) is 9.59 Å². The summed E-state index contributed by atoms with van der Waals surface area (Å²) in [7, 11) is 0. The summed E-state index contributed by atoms with van der Waals surface area (Å²) in [5.41, 5.74) is -0.00815. The molecule has 17 heavy (non-hydrogen) atoms. The number of nitrogens with zero attached hydrogens (tertiary/aromatic N) is 1. The van der Waals surface area contributed by atoms with Crippen LogP contribution in [0.25, 0.3) is 6.08 Å². The van der Waals surface area contributed by atoms with Crippen molar-refractivity contribution in [2.45, 2.75) is 0 Å². The summed E-state index contributed by atoms with van der Waals surface area (Å²) in [5, 5.41) is 10.8. The molecule has 0 saturated carbocycles. The molecule has 1 aliphatic rings. The number of aliphatic carboxylic acids is 1. The minimum Gasteiger partial charge on any atom is -0.480 e. The van der Waals surface area contributed by atoms with E-state index in [1.807, 2.05) is 0 Å². The average Bonchev–Trinajstić information content (AvgIpc) is 2.83. The number of nitrogens with one attached hydrogen (secondary N) is 1. The highest BCUT2D eigenvalue weighted by Crippen LogP contribution is 2.13. The summed E-state index contributed by atoms with van der Waals surface area (Å²) in [6.07, 6.45) is 2.75. The zero-order valence-electron chi connectivity index (χ0n) is 8.54. The zero-order valence-corrected chi connectivity index (χ0v) is 8.54. The fraction of sp³-hybridized carbons (Fsp3) is 0.100. The first kappa shape index (κ1) is 10.9. The maximum atomic E-state index is 11.6. The van der Waals surface area contributed by atoms with Crippen molar-refractivity contribution in [2.24, 2.45) is 0 Å². The summed E-state index contributed by atoms with van der Waals surface area (Å²) in [6.45, 7) is -0.667. The van der Waals surface area contributed by atoms with Crippen LogP contribution >= 0.6 is 0 Å². The van der Waals surface area contributed by atoms with E-state index < -0.39 is 24.5 Å². The predicted octanol–water partition coefficient (Wildman–Crippen LogP) is 0.257. The highest BCUT2D eigenvalue weighted by atomic mass is 16.4. The number of carbonyl (C=O) groups is 3. The van der Waals surface area contributed by atoms with E-state index in [0.717, 1.165) is 0 Å². The number of carbonyl (C=O) groups excluding carboxylic acids is 2. The molecule has 0 aromatic carbocycles. The average molecular weight is 236 g/mol. The van der Waals surface area contributed by atoms with Crippen LogP contribution in [-0.4, -0.2) is 34.5 Å². The van der Waals surface area contributed by atoms with E-state index in [1.165, 1.54) is 12.3 Å². The highest BCUT2D eigenvalue weighted by molar-refractivity contribution is 6.14. The van der Waals surface area contributed by atoms with Gasteiger partial charge in [-0.3, -0.25) is 9.59 Å². The Hall–Kier alpha value is -2.57. The molecule has 7 nitrogen and oxygen atoms in total. The van der Waals surface area contributed by atoms with Gasteiger partial charge in [-0.1, -0.05) is 0 Å². The monoisotopic (exact) mass is 236 g/mol. The minimum atomic E-state index is -1.26. The number of rotatable bonds is 3. The lowest BCUT2D eigenvalue weighted by atomic mass is 10.3. The molecule has 0 radical (unpaired) electrons. The van der Waals surface area contributed by atoms with Crippen LogP contribution in [0.15, 0.2) is 28.5 Å².